The lowest BCUT2D eigenvalue weighted by Crippen LogP contribution is -2.22. The van der Waals surface area contributed by atoms with Gasteiger partial charge in [0.05, 0.1) is 15.8 Å². The number of aromatic amines is 1. The molecule has 0 bridgehead atoms. The van der Waals surface area contributed by atoms with Crippen LogP contribution in [-0.4, -0.2) is 38.7 Å². The van der Waals surface area contributed by atoms with Gasteiger partial charge in [-0.25, -0.2) is 8.99 Å². The van der Waals surface area contributed by atoms with E-state index in [0.29, 0.717) is 11.4 Å². The maximum absolute atomic E-state index is 13.0. The molecule has 27 heavy (non-hydrogen) atoms. The molecular weight excluding hydrogens is 358 g/mol. The molecule has 2 heterocycles. The minimum atomic E-state index is -2.76. The molecule has 5 nitrogen and oxygen atoms in total. The van der Waals surface area contributed by atoms with Gasteiger partial charge in [-0.3, -0.25) is 0 Å². The molecule has 1 aromatic heterocycles. The molecule has 1 unspecified atom stereocenters. The highest BCUT2D eigenvalue weighted by Gasteiger charge is 2.34. The van der Waals surface area contributed by atoms with E-state index in [1.54, 1.807) is 0 Å². The standard InChI is InChI=1S/C21H23N3O2S/c22-27(26,16-5-6-16)17-7-8-21(24-10-9-15(25)13-24)18(12-17)20-11-14-3-1-2-4-19(14)23-20/h1-4,7-8,11-12,15-16,22-23,25H,5-6,9-10,13H2/t15-,27?/m0/s1. The lowest BCUT2D eigenvalue weighted by molar-refractivity contribution is 0.198. The first kappa shape index (κ1) is 16.8. The molecule has 6 heteroatoms. The van der Waals surface area contributed by atoms with Crippen molar-refractivity contribution < 1.29 is 9.32 Å². The van der Waals surface area contributed by atoms with Crippen LogP contribution in [0.25, 0.3) is 22.2 Å². The van der Waals surface area contributed by atoms with Crippen LogP contribution in [0.3, 0.4) is 0 Å². The third-order valence-corrected chi connectivity index (χ3v) is 8.00. The molecule has 5 rings (SSSR count). The van der Waals surface area contributed by atoms with Crippen LogP contribution in [0.5, 0.6) is 0 Å². The smallest absolute Gasteiger partial charge is 0.0755 e. The van der Waals surface area contributed by atoms with Crippen molar-refractivity contribution in [2.24, 2.45) is 0 Å². The molecule has 2 aliphatic rings. The minimum absolute atomic E-state index is 0.00692. The number of hydrogen-bond donors (Lipinski definition) is 3. The van der Waals surface area contributed by atoms with Crippen LogP contribution < -0.4 is 4.90 Å². The second-order valence-corrected chi connectivity index (χ2v) is 9.98. The summed E-state index contributed by atoms with van der Waals surface area (Å²) in [7, 11) is -2.76. The number of aliphatic hydroxyl groups is 1. The van der Waals surface area contributed by atoms with E-state index in [2.05, 4.69) is 22.0 Å². The maximum atomic E-state index is 13.0. The summed E-state index contributed by atoms with van der Waals surface area (Å²) in [6, 6.07) is 16.0. The highest BCUT2D eigenvalue weighted by atomic mass is 32.2. The third kappa shape index (κ3) is 2.93. The average Bonchev–Trinajstić information content (AvgIpc) is 3.31. The molecule has 0 amide bonds. The Labute approximate surface area is 159 Å². The molecule has 0 spiro atoms. The van der Waals surface area contributed by atoms with Gasteiger partial charge < -0.3 is 15.0 Å². The summed E-state index contributed by atoms with van der Waals surface area (Å²) in [6.45, 7) is 1.40. The molecule has 0 radical (unpaired) electrons. The number of nitrogens with zero attached hydrogens (tertiary/aromatic N) is 1. The molecule has 1 aliphatic carbocycles. The van der Waals surface area contributed by atoms with Crippen LogP contribution in [0.15, 0.2) is 53.4 Å². The van der Waals surface area contributed by atoms with E-state index in [1.165, 1.54) is 0 Å². The Hall–Kier alpha value is -2.31. The van der Waals surface area contributed by atoms with E-state index in [9.17, 15) is 9.32 Å². The summed E-state index contributed by atoms with van der Waals surface area (Å²) in [4.78, 5) is 6.26. The number of aromatic nitrogens is 1. The fourth-order valence-electron chi connectivity index (χ4n) is 3.97. The molecular formula is C21H23N3O2S. The van der Waals surface area contributed by atoms with Crippen LogP contribution in [0.2, 0.25) is 0 Å². The van der Waals surface area contributed by atoms with E-state index < -0.39 is 9.73 Å². The van der Waals surface area contributed by atoms with Gasteiger partial charge in [-0.15, -0.1) is 0 Å². The molecule has 1 saturated carbocycles. The highest BCUT2D eigenvalue weighted by Crippen LogP contribution is 2.39. The van der Waals surface area contributed by atoms with Gasteiger partial charge in [0.1, 0.15) is 0 Å². The molecule has 2 aromatic carbocycles. The van der Waals surface area contributed by atoms with E-state index in [4.69, 9.17) is 4.78 Å². The second kappa shape index (κ2) is 6.11. The number of rotatable bonds is 4. The predicted octanol–water partition coefficient (Wildman–Crippen LogP) is 3.97. The van der Waals surface area contributed by atoms with Crippen molar-refractivity contribution >= 4 is 26.3 Å². The normalized spacial score (nSPS) is 22.3. The summed E-state index contributed by atoms with van der Waals surface area (Å²) in [6.07, 6.45) is 2.20. The molecule has 3 N–H and O–H groups in total. The quantitative estimate of drug-likeness (QED) is 0.640. The monoisotopic (exact) mass is 381 g/mol. The zero-order valence-corrected chi connectivity index (χ0v) is 15.8. The van der Waals surface area contributed by atoms with Crippen molar-refractivity contribution in [2.45, 2.75) is 35.5 Å². The number of H-pyrrole nitrogens is 1. The van der Waals surface area contributed by atoms with Gasteiger partial charge in [0, 0.05) is 51.1 Å². The van der Waals surface area contributed by atoms with E-state index in [0.717, 1.165) is 53.7 Å². The fourth-order valence-corrected chi connectivity index (χ4v) is 5.71. The fraction of sp³-hybridized carbons (Fsp3) is 0.333. The highest BCUT2D eigenvalue weighted by molar-refractivity contribution is 7.93. The Morgan fingerprint density at radius 3 is 2.63 bits per heavy atom. The zero-order chi connectivity index (χ0) is 18.6. The van der Waals surface area contributed by atoms with Gasteiger partial charge in [0.2, 0.25) is 0 Å². The lowest BCUT2D eigenvalue weighted by atomic mass is 10.1. The number of anilines is 1. The third-order valence-electron chi connectivity index (χ3n) is 5.64. The van der Waals surface area contributed by atoms with Crippen LogP contribution in [0, 0.1) is 4.78 Å². The van der Waals surface area contributed by atoms with Gasteiger partial charge in [-0.1, -0.05) is 18.2 Å². The van der Waals surface area contributed by atoms with E-state index in [1.807, 2.05) is 36.4 Å². The number of aliphatic hydroxyl groups excluding tert-OH is 1. The number of hydrogen-bond acceptors (Lipinski definition) is 4. The van der Waals surface area contributed by atoms with Crippen LogP contribution in [0.4, 0.5) is 5.69 Å². The Morgan fingerprint density at radius 1 is 1.11 bits per heavy atom. The van der Waals surface area contributed by atoms with E-state index >= 15 is 0 Å². The van der Waals surface area contributed by atoms with Crippen molar-refractivity contribution in [3.05, 3.63) is 48.5 Å². The van der Waals surface area contributed by atoms with Crippen molar-refractivity contribution in [1.82, 2.24) is 4.98 Å². The largest absolute Gasteiger partial charge is 0.391 e. The summed E-state index contributed by atoms with van der Waals surface area (Å²) in [5.74, 6) is 0. The van der Waals surface area contributed by atoms with Crippen molar-refractivity contribution in [3.8, 4) is 11.3 Å². The van der Waals surface area contributed by atoms with Gasteiger partial charge in [0.15, 0.2) is 0 Å². The topological polar surface area (TPSA) is 80.2 Å². The number of fused-ring (bicyclic) bond motifs is 1. The summed E-state index contributed by atoms with van der Waals surface area (Å²) >= 11 is 0. The SMILES string of the molecule is N=S(=O)(c1ccc(N2CC[C@H](O)C2)c(-c2cc3ccccc3[nH]2)c1)C1CC1. The molecule has 140 valence electrons. The van der Waals surface area contributed by atoms with Gasteiger partial charge in [-0.05, 0) is 49.6 Å². The maximum Gasteiger partial charge on any atom is 0.0755 e. The number of β-amino-alcohol motifs (C(OH)–C–C–N with tert-alkyl or cyclic N) is 1. The van der Waals surface area contributed by atoms with Crippen molar-refractivity contribution in [3.63, 3.8) is 0 Å². The molecule has 2 fully saturated rings. The molecule has 1 aliphatic heterocycles. The Bertz CT molecular complexity index is 1080. The molecule has 3 aromatic rings. The summed E-state index contributed by atoms with van der Waals surface area (Å²) in [5, 5.41) is 11.1. The minimum Gasteiger partial charge on any atom is -0.391 e. The molecule has 1 saturated heterocycles. The van der Waals surface area contributed by atoms with Gasteiger partial charge >= 0.3 is 0 Å². The predicted molar refractivity (Wildman–Crippen MR) is 109 cm³/mol. The van der Waals surface area contributed by atoms with Crippen LogP contribution in [0.1, 0.15) is 19.3 Å². The van der Waals surface area contributed by atoms with Gasteiger partial charge in [0.25, 0.3) is 0 Å². The Morgan fingerprint density at radius 2 is 1.93 bits per heavy atom. The first-order valence-electron chi connectivity index (χ1n) is 9.45. The average molecular weight is 382 g/mol. The zero-order valence-electron chi connectivity index (χ0n) is 15.0. The van der Waals surface area contributed by atoms with Crippen LogP contribution >= 0.6 is 0 Å². The van der Waals surface area contributed by atoms with E-state index in [-0.39, 0.29) is 11.4 Å². The number of nitrogens with one attached hydrogen (secondary N) is 2. The molecule has 2 atom stereocenters. The summed E-state index contributed by atoms with van der Waals surface area (Å²) in [5.41, 5.74) is 3.99. The van der Waals surface area contributed by atoms with Crippen molar-refractivity contribution in [1.29, 1.82) is 4.78 Å². The van der Waals surface area contributed by atoms with Gasteiger partial charge in [-0.2, -0.15) is 0 Å². The number of benzene rings is 2. The first-order chi connectivity index (χ1) is 13.0. The lowest BCUT2D eigenvalue weighted by Gasteiger charge is -2.22. The Kier molecular flexibility index (Phi) is 3.81. The van der Waals surface area contributed by atoms with Crippen LogP contribution in [-0.2, 0) is 9.73 Å². The van der Waals surface area contributed by atoms with Crippen molar-refractivity contribution in [2.75, 3.05) is 18.0 Å². The second-order valence-electron chi connectivity index (χ2n) is 7.64. The Balaban J connectivity index is 1.67. The first-order valence-corrected chi connectivity index (χ1v) is 11.1. The summed E-state index contributed by atoms with van der Waals surface area (Å²) < 4.78 is 21.4. The number of para-hydroxylation sites is 1.